The largest absolute Gasteiger partial charge is 0.382 e. The van der Waals surface area contributed by atoms with E-state index in [1.165, 1.54) is 25.7 Å². The molecule has 1 aliphatic heterocycles. The summed E-state index contributed by atoms with van der Waals surface area (Å²) in [5, 5.41) is 3.44. The van der Waals surface area contributed by atoms with Crippen LogP contribution in [-0.4, -0.2) is 38.5 Å². The van der Waals surface area contributed by atoms with Gasteiger partial charge in [-0.25, -0.2) is 0 Å². The third-order valence-corrected chi connectivity index (χ3v) is 3.83. The molecule has 1 saturated carbocycles. The van der Waals surface area contributed by atoms with E-state index in [1.54, 1.807) is 7.11 Å². The van der Waals surface area contributed by atoms with Crippen LogP contribution in [0.15, 0.2) is 0 Å². The van der Waals surface area contributed by atoms with Crippen molar-refractivity contribution in [1.29, 1.82) is 0 Å². The van der Waals surface area contributed by atoms with Crippen molar-refractivity contribution in [3.05, 3.63) is 0 Å². The van der Waals surface area contributed by atoms with Gasteiger partial charge in [-0.3, -0.25) is 0 Å². The fourth-order valence-electron chi connectivity index (χ4n) is 2.77. The van der Waals surface area contributed by atoms with Crippen molar-refractivity contribution in [1.82, 2.24) is 5.32 Å². The quantitative estimate of drug-likeness (QED) is 0.741. The van der Waals surface area contributed by atoms with Gasteiger partial charge >= 0.3 is 0 Å². The zero-order chi connectivity index (χ0) is 10.1. The van der Waals surface area contributed by atoms with Crippen LogP contribution in [0, 0.1) is 0 Å². The van der Waals surface area contributed by atoms with Gasteiger partial charge in [-0.2, -0.15) is 0 Å². The van der Waals surface area contributed by atoms with Gasteiger partial charge in [-0.1, -0.05) is 0 Å². The Labute approximate surface area is 86.2 Å². The van der Waals surface area contributed by atoms with Crippen molar-refractivity contribution in [3.63, 3.8) is 0 Å². The molecule has 1 unspecified atom stereocenters. The summed E-state index contributed by atoms with van der Waals surface area (Å²) >= 11 is 0. The number of ether oxygens (including phenoxy) is 2. The molecule has 3 heteroatoms. The molecule has 1 N–H and O–H groups in total. The summed E-state index contributed by atoms with van der Waals surface area (Å²) in [7, 11) is 3.81. The topological polar surface area (TPSA) is 30.5 Å². The molecule has 82 valence electrons. The molecule has 0 aromatic heterocycles. The van der Waals surface area contributed by atoms with Gasteiger partial charge in [0, 0.05) is 19.3 Å². The molecular formula is C11H21NO2. The summed E-state index contributed by atoms with van der Waals surface area (Å²) in [5.41, 5.74) is 0.165. The molecule has 2 aliphatic rings. The number of hydrogen-bond donors (Lipinski definition) is 1. The first-order valence-electron chi connectivity index (χ1n) is 5.60. The maximum absolute atomic E-state index is 6.04. The smallest absolute Gasteiger partial charge is 0.109 e. The Hall–Kier alpha value is -0.120. The minimum atomic E-state index is -0.0469. The second kappa shape index (κ2) is 3.80. The number of likely N-dealkylation sites (N-methyl/N-ethyl adjacent to an activating group) is 1. The predicted molar refractivity (Wildman–Crippen MR) is 55.4 cm³/mol. The SMILES string of the molecule is CNC1(C2(COC)CCCCO2)CC1. The standard InChI is InChI=1S/C11H21NO2/c1-12-10(6-7-10)11(9-13-2)5-3-4-8-14-11/h12H,3-9H2,1-2H3. The lowest BCUT2D eigenvalue weighted by molar-refractivity contribution is -0.141. The Morgan fingerprint density at radius 2 is 2.07 bits per heavy atom. The van der Waals surface area contributed by atoms with Crippen molar-refractivity contribution in [2.24, 2.45) is 0 Å². The Kier molecular flexibility index (Phi) is 2.82. The minimum Gasteiger partial charge on any atom is -0.382 e. The minimum absolute atomic E-state index is 0.0469. The van der Waals surface area contributed by atoms with Crippen LogP contribution >= 0.6 is 0 Å². The third kappa shape index (κ3) is 1.47. The second-order valence-corrected chi connectivity index (χ2v) is 4.56. The molecule has 3 nitrogen and oxygen atoms in total. The Balaban J connectivity index is 2.12. The number of hydrogen-bond acceptors (Lipinski definition) is 3. The van der Waals surface area contributed by atoms with Crippen molar-refractivity contribution in [3.8, 4) is 0 Å². The van der Waals surface area contributed by atoms with Gasteiger partial charge < -0.3 is 14.8 Å². The van der Waals surface area contributed by atoms with E-state index in [0.717, 1.165) is 19.6 Å². The Morgan fingerprint density at radius 1 is 1.29 bits per heavy atom. The van der Waals surface area contributed by atoms with Gasteiger partial charge in [0.15, 0.2) is 0 Å². The second-order valence-electron chi connectivity index (χ2n) is 4.56. The first-order valence-corrected chi connectivity index (χ1v) is 5.60. The summed E-state index contributed by atoms with van der Waals surface area (Å²) in [6.07, 6.45) is 6.07. The first-order chi connectivity index (χ1) is 6.79. The lowest BCUT2D eigenvalue weighted by Crippen LogP contribution is -2.58. The average molecular weight is 199 g/mol. The Morgan fingerprint density at radius 3 is 2.50 bits per heavy atom. The molecule has 1 aliphatic carbocycles. The van der Waals surface area contributed by atoms with Crippen LogP contribution in [0.3, 0.4) is 0 Å². The number of methoxy groups -OCH3 is 1. The van der Waals surface area contributed by atoms with E-state index < -0.39 is 0 Å². The zero-order valence-corrected chi connectivity index (χ0v) is 9.27. The van der Waals surface area contributed by atoms with Crippen molar-refractivity contribution < 1.29 is 9.47 Å². The van der Waals surface area contributed by atoms with Gasteiger partial charge in [-0.15, -0.1) is 0 Å². The van der Waals surface area contributed by atoms with Gasteiger partial charge in [0.05, 0.1) is 6.61 Å². The van der Waals surface area contributed by atoms with Crippen LogP contribution in [0.2, 0.25) is 0 Å². The Bertz CT molecular complexity index is 190. The van der Waals surface area contributed by atoms with E-state index in [2.05, 4.69) is 5.32 Å². The first kappa shape index (κ1) is 10.4. The molecule has 1 saturated heterocycles. The van der Waals surface area contributed by atoms with Crippen molar-refractivity contribution >= 4 is 0 Å². The fraction of sp³-hybridized carbons (Fsp3) is 1.00. The van der Waals surface area contributed by atoms with Crippen LogP contribution in [-0.2, 0) is 9.47 Å². The highest BCUT2D eigenvalue weighted by atomic mass is 16.5. The molecule has 0 radical (unpaired) electrons. The molecule has 2 rings (SSSR count). The molecule has 14 heavy (non-hydrogen) atoms. The van der Waals surface area contributed by atoms with E-state index in [9.17, 15) is 0 Å². The highest BCUT2D eigenvalue weighted by Crippen LogP contribution is 2.50. The molecule has 0 spiro atoms. The van der Waals surface area contributed by atoms with Crippen LogP contribution in [0.5, 0.6) is 0 Å². The molecule has 2 fully saturated rings. The fourth-order valence-corrected chi connectivity index (χ4v) is 2.77. The van der Waals surface area contributed by atoms with Crippen molar-refractivity contribution in [2.45, 2.75) is 43.2 Å². The predicted octanol–water partition coefficient (Wildman–Crippen LogP) is 1.32. The van der Waals surface area contributed by atoms with Crippen molar-refractivity contribution in [2.75, 3.05) is 27.4 Å². The van der Waals surface area contributed by atoms with E-state index in [4.69, 9.17) is 9.47 Å². The van der Waals surface area contributed by atoms with E-state index in [1.807, 2.05) is 7.05 Å². The summed E-state index contributed by atoms with van der Waals surface area (Å²) in [6, 6.07) is 0. The summed E-state index contributed by atoms with van der Waals surface area (Å²) in [4.78, 5) is 0. The van der Waals surface area contributed by atoms with Crippen LogP contribution in [0.4, 0.5) is 0 Å². The normalized spacial score (nSPS) is 35.6. The molecule has 0 aromatic rings. The van der Waals surface area contributed by atoms with Crippen LogP contribution in [0.25, 0.3) is 0 Å². The molecule has 1 atom stereocenters. The van der Waals surface area contributed by atoms with Gasteiger partial charge in [-0.05, 0) is 39.2 Å². The van der Waals surface area contributed by atoms with E-state index in [-0.39, 0.29) is 11.1 Å². The van der Waals surface area contributed by atoms with Crippen LogP contribution < -0.4 is 5.32 Å². The third-order valence-electron chi connectivity index (χ3n) is 3.83. The molecule has 0 amide bonds. The molecule has 1 heterocycles. The molecule has 0 bridgehead atoms. The monoisotopic (exact) mass is 199 g/mol. The maximum Gasteiger partial charge on any atom is 0.109 e. The average Bonchev–Trinajstić information content (AvgIpc) is 3.00. The molecule has 0 aromatic carbocycles. The number of nitrogens with one attached hydrogen (secondary N) is 1. The van der Waals surface area contributed by atoms with Gasteiger partial charge in [0.2, 0.25) is 0 Å². The molecular weight excluding hydrogens is 178 g/mol. The zero-order valence-electron chi connectivity index (χ0n) is 9.27. The summed E-state index contributed by atoms with van der Waals surface area (Å²) in [5.74, 6) is 0. The number of rotatable bonds is 4. The van der Waals surface area contributed by atoms with E-state index >= 15 is 0 Å². The van der Waals surface area contributed by atoms with E-state index in [0.29, 0.717) is 0 Å². The highest BCUT2D eigenvalue weighted by Gasteiger charge is 2.59. The highest BCUT2D eigenvalue weighted by molar-refractivity contribution is 5.16. The lowest BCUT2D eigenvalue weighted by Gasteiger charge is -2.43. The summed E-state index contributed by atoms with van der Waals surface area (Å²) < 4.78 is 11.4. The van der Waals surface area contributed by atoms with Gasteiger partial charge in [0.1, 0.15) is 5.60 Å². The maximum atomic E-state index is 6.04. The lowest BCUT2D eigenvalue weighted by atomic mass is 9.84. The summed E-state index contributed by atoms with van der Waals surface area (Å²) in [6.45, 7) is 1.63. The van der Waals surface area contributed by atoms with Crippen LogP contribution in [0.1, 0.15) is 32.1 Å². The van der Waals surface area contributed by atoms with Gasteiger partial charge in [0.25, 0.3) is 0 Å².